The molecule has 24 heavy (non-hydrogen) atoms. The van der Waals surface area contributed by atoms with Gasteiger partial charge in [0.15, 0.2) is 5.96 Å². The average molecular weight is 463 g/mol. The molecule has 0 bridgehead atoms. The van der Waals surface area contributed by atoms with E-state index in [2.05, 4.69) is 29.5 Å². The van der Waals surface area contributed by atoms with Gasteiger partial charge in [0.05, 0.1) is 10.8 Å². The molecule has 0 amide bonds. The lowest BCUT2D eigenvalue weighted by atomic mass is 9.80. The Morgan fingerprint density at radius 2 is 1.79 bits per heavy atom. The van der Waals surface area contributed by atoms with Crippen LogP contribution in [0, 0.1) is 11.8 Å². The van der Waals surface area contributed by atoms with Crippen molar-refractivity contribution in [3.63, 3.8) is 0 Å². The number of hydrogen-bond acceptors (Lipinski definition) is 2. The first-order chi connectivity index (χ1) is 11.1. The van der Waals surface area contributed by atoms with E-state index in [9.17, 15) is 4.21 Å². The highest BCUT2D eigenvalue weighted by atomic mass is 127. The van der Waals surface area contributed by atoms with Crippen molar-refractivity contribution in [2.75, 3.05) is 19.3 Å². The van der Waals surface area contributed by atoms with Gasteiger partial charge in [-0.3, -0.25) is 9.20 Å². The van der Waals surface area contributed by atoms with Gasteiger partial charge in [0.2, 0.25) is 0 Å². The molecule has 3 atom stereocenters. The molecule has 0 radical (unpaired) electrons. The zero-order valence-electron chi connectivity index (χ0n) is 14.8. The minimum Gasteiger partial charge on any atom is -0.355 e. The second kappa shape index (κ2) is 11.1. The average Bonchev–Trinajstić information content (AvgIpc) is 2.53. The number of nitrogens with zero attached hydrogens (tertiary/aromatic N) is 1. The fourth-order valence-electron chi connectivity index (χ4n) is 3.41. The van der Waals surface area contributed by atoms with Crippen molar-refractivity contribution < 1.29 is 4.21 Å². The summed E-state index contributed by atoms with van der Waals surface area (Å²) in [4.78, 5) is 5.18. The van der Waals surface area contributed by atoms with Crippen LogP contribution in [0.1, 0.15) is 33.1 Å². The third-order valence-corrected chi connectivity index (χ3v) is 5.70. The number of hydrogen-bond donors (Lipinski definition) is 2. The van der Waals surface area contributed by atoms with Crippen LogP contribution in [0.4, 0.5) is 0 Å². The van der Waals surface area contributed by atoms with E-state index in [4.69, 9.17) is 0 Å². The van der Waals surface area contributed by atoms with Crippen LogP contribution in [0.3, 0.4) is 0 Å². The van der Waals surface area contributed by atoms with Gasteiger partial charge in [-0.2, -0.15) is 0 Å². The van der Waals surface area contributed by atoms with Crippen molar-refractivity contribution in [2.24, 2.45) is 16.8 Å². The summed E-state index contributed by atoms with van der Waals surface area (Å²) in [6.45, 7) is 5.30. The minimum absolute atomic E-state index is 0. The topological polar surface area (TPSA) is 53.5 Å². The molecule has 0 aliphatic heterocycles. The lowest BCUT2D eigenvalue weighted by Crippen LogP contribution is -2.47. The number of aliphatic imine (C=N–C) groups is 1. The summed E-state index contributed by atoms with van der Waals surface area (Å²) in [5, 5.41) is 6.81. The molecule has 2 rings (SSSR count). The molecular formula is C18H30IN3OS. The maximum absolute atomic E-state index is 12.2. The van der Waals surface area contributed by atoms with Gasteiger partial charge in [0.25, 0.3) is 0 Å². The van der Waals surface area contributed by atoms with Crippen molar-refractivity contribution in [2.45, 2.75) is 44.0 Å². The first-order valence-corrected chi connectivity index (χ1v) is 9.81. The van der Waals surface area contributed by atoms with E-state index in [0.29, 0.717) is 18.3 Å². The van der Waals surface area contributed by atoms with Crippen molar-refractivity contribution in [1.29, 1.82) is 0 Å². The Bertz CT molecular complexity index is 528. The standard InChI is InChI=1S/C18H29N3OS.HI/c1-14-11-15(2)13-16(12-14)21-18(19-3)20-9-10-23(22)17-7-5-4-6-8-17;/h4-8,14-16H,9-13H2,1-3H3,(H2,19,20,21);1H. The van der Waals surface area contributed by atoms with Crippen molar-refractivity contribution >= 4 is 40.7 Å². The molecule has 0 aromatic heterocycles. The predicted octanol–water partition coefficient (Wildman–Crippen LogP) is 3.40. The number of nitrogens with one attached hydrogen (secondary N) is 2. The highest BCUT2D eigenvalue weighted by molar-refractivity contribution is 14.0. The minimum atomic E-state index is -0.965. The van der Waals surface area contributed by atoms with Gasteiger partial charge in [0.1, 0.15) is 0 Å². The fourth-order valence-corrected chi connectivity index (χ4v) is 4.39. The van der Waals surface area contributed by atoms with Crippen LogP contribution in [-0.4, -0.2) is 35.6 Å². The molecule has 1 fully saturated rings. The monoisotopic (exact) mass is 463 g/mol. The highest BCUT2D eigenvalue weighted by Gasteiger charge is 2.24. The summed E-state index contributed by atoms with van der Waals surface area (Å²) in [5.41, 5.74) is 0. The van der Waals surface area contributed by atoms with Crippen molar-refractivity contribution in [3.05, 3.63) is 30.3 Å². The first-order valence-electron chi connectivity index (χ1n) is 8.49. The summed E-state index contributed by atoms with van der Waals surface area (Å²) in [5.74, 6) is 2.93. The molecule has 0 saturated heterocycles. The molecule has 0 heterocycles. The molecule has 6 heteroatoms. The Morgan fingerprint density at radius 1 is 1.17 bits per heavy atom. The van der Waals surface area contributed by atoms with Crippen molar-refractivity contribution in [1.82, 2.24) is 10.6 Å². The molecule has 1 aliphatic rings. The summed E-state index contributed by atoms with van der Waals surface area (Å²) >= 11 is 0. The summed E-state index contributed by atoms with van der Waals surface area (Å²) < 4.78 is 12.2. The Morgan fingerprint density at radius 3 is 2.38 bits per heavy atom. The third-order valence-electron chi connectivity index (χ3n) is 4.33. The fraction of sp³-hybridized carbons (Fsp3) is 0.611. The van der Waals surface area contributed by atoms with E-state index < -0.39 is 10.8 Å². The van der Waals surface area contributed by atoms with E-state index in [1.807, 2.05) is 30.3 Å². The van der Waals surface area contributed by atoms with Crippen LogP contribution in [0.2, 0.25) is 0 Å². The van der Waals surface area contributed by atoms with E-state index in [-0.39, 0.29) is 24.0 Å². The Hall–Kier alpha value is -0.630. The third kappa shape index (κ3) is 7.09. The molecular weight excluding hydrogens is 433 g/mol. The van der Waals surface area contributed by atoms with Gasteiger partial charge in [0, 0.05) is 30.3 Å². The van der Waals surface area contributed by atoms with E-state index >= 15 is 0 Å². The summed E-state index contributed by atoms with van der Waals surface area (Å²) in [6, 6.07) is 10.1. The molecule has 1 aromatic rings. The van der Waals surface area contributed by atoms with Crippen molar-refractivity contribution in [3.8, 4) is 0 Å². The molecule has 1 aromatic carbocycles. The van der Waals surface area contributed by atoms with Gasteiger partial charge < -0.3 is 10.6 Å². The van der Waals surface area contributed by atoms with Crippen LogP contribution >= 0.6 is 24.0 Å². The van der Waals surface area contributed by atoms with E-state index in [1.54, 1.807) is 7.05 Å². The first kappa shape index (κ1) is 21.4. The number of halogens is 1. The molecule has 1 saturated carbocycles. The van der Waals surface area contributed by atoms with Crippen LogP contribution in [0.5, 0.6) is 0 Å². The van der Waals surface area contributed by atoms with Gasteiger partial charge in [-0.25, -0.2) is 0 Å². The molecule has 1 aliphatic carbocycles. The van der Waals surface area contributed by atoms with Crippen LogP contribution < -0.4 is 10.6 Å². The molecule has 3 unspecified atom stereocenters. The van der Waals surface area contributed by atoms with Crippen LogP contribution in [-0.2, 0) is 10.8 Å². The van der Waals surface area contributed by atoms with Crippen LogP contribution in [0.25, 0.3) is 0 Å². The second-order valence-corrected chi connectivity index (χ2v) is 8.19. The van der Waals surface area contributed by atoms with Gasteiger partial charge in [-0.1, -0.05) is 32.0 Å². The second-order valence-electron chi connectivity index (χ2n) is 6.62. The maximum atomic E-state index is 12.2. The summed E-state index contributed by atoms with van der Waals surface area (Å²) in [7, 11) is 0.826. The largest absolute Gasteiger partial charge is 0.355 e. The highest BCUT2D eigenvalue weighted by Crippen LogP contribution is 2.28. The predicted molar refractivity (Wildman–Crippen MR) is 114 cm³/mol. The summed E-state index contributed by atoms with van der Waals surface area (Å²) in [6.07, 6.45) is 3.71. The van der Waals surface area contributed by atoms with Crippen LogP contribution in [0.15, 0.2) is 40.2 Å². The molecule has 4 nitrogen and oxygen atoms in total. The maximum Gasteiger partial charge on any atom is 0.191 e. The lowest BCUT2D eigenvalue weighted by molar-refractivity contribution is 0.255. The number of benzene rings is 1. The van der Waals surface area contributed by atoms with E-state index in [1.165, 1.54) is 19.3 Å². The van der Waals surface area contributed by atoms with Gasteiger partial charge in [-0.05, 0) is 43.2 Å². The molecule has 0 spiro atoms. The van der Waals surface area contributed by atoms with Gasteiger partial charge in [-0.15, -0.1) is 24.0 Å². The van der Waals surface area contributed by atoms with Gasteiger partial charge >= 0.3 is 0 Å². The number of rotatable bonds is 5. The number of guanidine groups is 1. The smallest absolute Gasteiger partial charge is 0.191 e. The quantitative estimate of drug-likeness (QED) is 0.400. The lowest BCUT2D eigenvalue weighted by Gasteiger charge is -2.32. The molecule has 136 valence electrons. The molecule has 2 N–H and O–H groups in total. The Balaban J connectivity index is 0.00000288. The zero-order valence-corrected chi connectivity index (χ0v) is 18.0. The SMILES string of the molecule is CN=C(NCCS(=O)c1ccccc1)NC1CC(C)CC(C)C1.I. The normalized spacial score (nSPS) is 25.5. The zero-order chi connectivity index (χ0) is 16.7. The Kier molecular flexibility index (Phi) is 9.88. The van der Waals surface area contributed by atoms with E-state index in [0.717, 1.165) is 22.7 Å². The Labute approximate surface area is 165 Å².